The average Bonchev–Trinajstić information content (AvgIpc) is 2.39. The van der Waals surface area contributed by atoms with E-state index in [0.29, 0.717) is 24.6 Å². The van der Waals surface area contributed by atoms with Gasteiger partial charge in [0.25, 0.3) is 0 Å². The highest BCUT2D eigenvalue weighted by Crippen LogP contribution is 2.25. The first kappa shape index (κ1) is 15.4. The highest BCUT2D eigenvalue weighted by Gasteiger charge is 2.30. The van der Waals surface area contributed by atoms with Gasteiger partial charge in [0.2, 0.25) is 10.0 Å². The normalized spacial score (nSPS) is 21.1. The maximum Gasteiger partial charge on any atom is 0.243 e. The lowest BCUT2D eigenvalue weighted by molar-refractivity contribution is 0.263. The molecule has 112 valence electrons. The maximum atomic E-state index is 13.1. The van der Waals surface area contributed by atoms with Crippen LogP contribution in [0.15, 0.2) is 23.1 Å². The molecule has 0 bridgehead atoms. The lowest BCUT2D eigenvalue weighted by atomic mass is 10.00. The van der Waals surface area contributed by atoms with Crippen molar-refractivity contribution in [3.8, 4) is 0 Å². The molecule has 1 aliphatic heterocycles. The summed E-state index contributed by atoms with van der Waals surface area (Å²) in [5.41, 5.74) is 0.459. The van der Waals surface area contributed by atoms with Crippen LogP contribution in [0.3, 0.4) is 0 Å². The van der Waals surface area contributed by atoms with Gasteiger partial charge >= 0.3 is 0 Å². The van der Waals surface area contributed by atoms with Crippen LogP contribution in [0.4, 0.5) is 4.39 Å². The topological polar surface area (TPSA) is 49.4 Å². The van der Waals surface area contributed by atoms with E-state index in [1.807, 2.05) is 7.05 Å². The van der Waals surface area contributed by atoms with E-state index in [1.165, 1.54) is 22.5 Å². The van der Waals surface area contributed by atoms with Crippen LogP contribution in [0.5, 0.6) is 0 Å². The van der Waals surface area contributed by atoms with Gasteiger partial charge in [-0.2, -0.15) is 4.31 Å². The van der Waals surface area contributed by atoms with E-state index in [9.17, 15) is 12.8 Å². The first-order valence-electron chi connectivity index (χ1n) is 6.86. The smallest absolute Gasteiger partial charge is 0.243 e. The third kappa shape index (κ3) is 3.19. The number of aryl methyl sites for hydroxylation is 1. The summed E-state index contributed by atoms with van der Waals surface area (Å²) in [6.07, 6.45) is 1.90. The molecule has 1 saturated heterocycles. The van der Waals surface area contributed by atoms with E-state index in [4.69, 9.17) is 0 Å². The van der Waals surface area contributed by atoms with Crippen LogP contribution < -0.4 is 5.32 Å². The number of nitrogens with one attached hydrogen (secondary N) is 1. The molecule has 20 heavy (non-hydrogen) atoms. The molecule has 0 amide bonds. The molecule has 1 aromatic rings. The molecular weight excluding hydrogens is 279 g/mol. The van der Waals surface area contributed by atoms with Crippen molar-refractivity contribution in [2.75, 3.05) is 26.7 Å². The van der Waals surface area contributed by atoms with Crippen LogP contribution in [0.25, 0.3) is 0 Å². The van der Waals surface area contributed by atoms with Gasteiger partial charge in [-0.1, -0.05) is 0 Å². The standard InChI is InChI=1S/C14H21FN2O2S/c1-11-8-13(15)5-6-14(11)20(18,19)17-7-3-4-12(10-17)9-16-2/h5-6,8,12,16H,3-4,7,9-10H2,1-2H3. The minimum absolute atomic E-state index is 0.212. The number of hydrogen-bond donors (Lipinski definition) is 1. The number of rotatable bonds is 4. The Morgan fingerprint density at radius 3 is 2.85 bits per heavy atom. The average molecular weight is 300 g/mol. The van der Waals surface area contributed by atoms with Gasteiger partial charge in [0, 0.05) is 13.1 Å². The van der Waals surface area contributed by atoms with Crippen LogP contribution in [0.2, 0.25) is 0 Å². The second kappa shape index (κ2) is 6.20. The fourth-order valence-corrected chi connectivity index (χ4v) is 4.50. The molecule has 1 atom stereocenters. The Bertz CT molecular complexity index is 573. The van der Waals surface area contributed by atoms with E-state index in [-0.39, 0.29) is 4.90 Å². The summed E-state index contributed by atoms with van der Waals surface area (Å²) >= 11 is 0. The number of sulfonamides is 1. The van der Waals surface area contributed by atoms with Gasteiger partial charge in [0.05, 0.1) is 4.90 Å². The van der Waals surface area contributed by atoms with Gasteiger partial charge in [-0.25, -0.2) is 12.8 Å². The summed E-state index contributed by atoms with van der Waals surface area (Å²) < 4.78 is 40.0. The monoisotopic (exact) mass is 300 g/mol. The van der Waals surface area contributed by atoms with Crippen molar-refractivity contribution in [3.05, 3.63) is 29.6 Å². The summed E-state index contributed by atoms with van der Waals surface area (Å²) in [6.45, 7) is 3.51. The molecular formula is C14H21FN2O2S. The van der Waals surface area contributed by atoms with Gasteiger partial charge in [0.1, 0.15) is 5.82 Å². The molecule has 1 unspecified atom stereocenters. The highest BCUT2D eigenvalue weighted by atomic mass is 32.2. The molecule has 4 nitrogen and oxygen atoms in total. The van der Waals surface area contributed by atoms with Crippen molar-refractivity contribution in [3.63, 3.8) is 0 Å². The minimum atomic E-state index is -3.52. The van der Waals surface area contributed by atoms with Crippen LogP contribution in [0, 0.1) is 18.7 Å². The molecule has 1 aromatic carbocycles. The fourth-order valence-electron chi connectivity index (χ4n) is 2.74. The Morgan fingerprint density at radius 1 is 1.45 bits per heavy atom. The molecule has 1 N–H and O–H groups in total. The second-order valence-electron chi connectivity index (χ2n) is 5.34. The Balaban J connectivity index is 2.25. The number of piperidine rings is 1. The molecule has 1 fully saturated rings. The first-order chi connectivity index (χ1) is 9.45. The van der Waals surface area contributed by atoms with E-state index in [2.05, 4.69) is 5.32 Å². The molecule has 2 rings (SSSR count). The Kier molecular flexibility index (Phi) is 4.78. The predicted octanol–water partition coefficient (Wildman–Crippen LogP) is 1.75. The van der Waals surface area contributed by atoms with E-state index in [0.717, 1.165) is 19.4 Å². The SMILES string of the molecule is CNCC1CCCN(S(=O)(=O)c2ccc(F)cc2C)C1. The van der Waals surface area contributed by atoms with Crippen LogP contribution in [-0.2, 0) is 10.0 Å². The van der Waals surface area contributed by atoms with Gasteiger partial charge in [0.15, 0.2) is 0 Å². The van der Waals surface area contributed by atoms with Crippen LogP contribution in [-0.4, -0.2) is 39.4 Å². The van der Waals surface area contributed by atoms with E-state index < -0.39 is 15.8 Å². The van der Waals surface area contributed by atoms with Crippen molar-refractivity contribution >= 4 is 10.0 Å². The zero-order valence-corrected chi connectivity index (χ0v) is 12.7. The van der Waals surface area contributed by atoms with Crippen molar-refractivity contribution in [1.82, 2.24) is 9.62 Å². The highest BCUT2D eigenvalue weighted by molar-refractivity contribution is 7.89. The number of nitrogens with zero attached hydrogens (tertiary/aromatic N) is 1. The maximum absolute atomic E-state index is 13.1. The van der Waals surface area contributed by atoms with Crippen molar-refractivity contribution in [2.45, 2.75) is 24.7 Å². The Labute approximate surface area is 120 Å². The number of halogens is 1. The van der Waals surface area contributed by atoms with E-state index in [1.54, 1.807) is 6.92 Å². The van der Waals surface area contributed by atoms with Gasteiger partial charge < -0.3 is 5.32 Å². The summed E-state index contributed by atoms with van der Waals surface area (Å²) in [6, 6.07) is 3.83. The van der Waals surface area contributed by atoms with Crippen LogP contribution >= 0.6 is 0 Å². The number of benzene rings is 1. The van der Waals surface area contributed by atoms with Crippen molar-refractivity contribution < 1.29 is 12.8 Å². The zero-order valence-electron chi connectivity index (χ0n) is 11.9. The van der Waals surface area contributed by atoms with Crippen molar-refractivity contribution in [1.29, 1.82) is 0 Å². The predicted molar refractivity (Wildman–Crippen MR) is 76.5 cm³/mol. The second-order valence-corrected chi connectivity index (χ2v) is 7.25. The molecule has 1 aliphatic rings. The Hall–Kier alpha value is -0.980. The molecule has 0 saturated carbocycles. The molecule has 6 heteroatoms. The zero-order chi connectivity index (χ0) is 14.8. The molecule has 1 heterocycles. The fraction of sp³-hybridized carbons (Fsp3) is 0.571. The summed E-state index contributed by atoms with van der Waals surface area (Å²) in [7, 11) is -1.65. The van der Waals surface area contributed by atoms with Gasteiger partial charge in [-0.15, -0.1) is 0 Å². The number of hydrogen-bond acceptors (Lipinski definition) is 3. The largest absolute Gasteiger partial charge is 0.319 e. The molecule has 0 spiro atoms. The van der Waals surface area contributed by atoms with Gasteiger partial charge in [-0.05, 0) is 63.0 Å². The van der Waals surface area contributed by atoms with Crippen molar-refractivity contribution in [2.24, 2.45) is 5.92 Å². The summed E-state index contributed by atoms with van der Waals surface area (Å²) in [5, 5.41) is 3.10. The first-order valence-corrected chi connectivity index (χ1v) is 8.30. The van der Waals surface area contributed by atoms with Gasteiger partial charge in [-0.3, -0.25) is 0 Å². The third-order valence-electron chi connectivity index (χ3n) is 3.73. The molecule has 0 radical (unpaired) electrons. The Morgan fingerprint density at radius 2 is 2.20 bits per heavy atom. The summed E-state index contributed by atoms with van der Waals surface area (Å²) in [4.78, 5) is 0.212. The third-order valence-corrected chi connectivity index (χ3v) is 5.75. The lowest BCUT2D eigenvalue weighted by Crippen LogP contribution is -2.42. The quantitative estimate of drug-likeness (QED) is 0.922. The molecule has 0 aliphatic carbocycles. The minimum Gasteiger partial charge on any atom is -0.319 e. The summed E-state index contributed by atoms with van der Waals surface area (Å²) in [5.74, 6) is -0.0718. The van der Waals surface area contributed by atoms with E-state index >= 15 is 0 Å². The molecule has 0 aromatic heterocycles. The van der Waals surface area contributed by atoms with Crippen LogP contribution in [0.1, 0.15) is 18.4 Å². The lowest BCUT2D eigenvalue weighted by Gasteiger charge is -2.32.